The van der Waals surface area contributed by atoms with Crippen molar-refractivity contribution < 1.29 is 26.8 Å². The van der Waals surface area contributed by atoms with Gasteiger partial charge in [-0.15, -0.1) is 0 Å². The van der Waals surface area contributed by atoms with Gasteiger partial charge in [0.1, 0.15) is 12.7 Å². The van der Waals surface area contributed by atoms with Gasteiger partial charge in [0, 0.05) is 0 Å². The number of hydrogen-bond donors (Lipinski definition) is 1. The quantitative estimate of drug-likeness (QED) is 0.441. The molecule has 0 aromatic heterocycles. The second-order valence-corrected chi connectivity index (χ2v) is 2.50. The first kappa shape index (κ1) is 10.2. The molecule has 3 nitrogen and oxygen atoms in total. The van der Waals surface area contributed by atoms with Gasteiger partial charge in [-0.2, -0.15) is 9.28 Å². The Labute approximate surface area is 71.6 Å². The van der Waals surface area contributed by atoms with Crippen molar-refractivity contribution >= 4 is 6.09 Å². The SMILES string of the molecule is C[N+]1(C(=O)O)C=CC=CC1.[Cl-]. The number of allylic oxidation sites excluding steroid dienone is 2. The van der Waals surface area contributed by atoms with Crippen LogP contribution in [0.2, 0.25) is 0 Å². The van der Waals surface area contributed by atoms with Crippen molar-refractivity contribution in [3.05, 3.63) is 24.4 Å². The number of halogens is 1. The van der Waals surface area contributed by atoms with E-state index in [4.69, 9.17) is 5.11 Å². The van der Waals surface area contributed by atoms with Gasteiger partial charge >= 0.3 is 6.09 Å². The van der Waals surface area contributed by atoms with Crippen LogP contribution in [0.5, 0.6) is 0 Å². The molecule has 0 aromatic rings. The van der Waals surface area contributed by atoms with Gasteiger partial charge < -0.3 is 17.5 Å². The van der Waals surface area contributed by atoms with Crippen molar-refractivity contribution in [2.75, 3.05) is 13.6 Å². The third kappa shape index (κ3) is 2.06. The van der Waals surface area contributed by atoms with E-state index in [0.717, 1.165) is 0 Å². The van der Waals surface area contributed by atoms with Crippen LogP contribution >= 0.6 is 0 Å². The van der Waals surface area contributed by atoms with Crippen LogP contribution in [-0.4, -0.2) is 29.3 Å². The highest BCUT2D eigenvalue weighted by atomic mass is 35.5. The Morgan fingerprint density at radius 2 is 2.18 bits per heavy atom. The summed E-state index contributed by atoms with van der Waals surface area (Å²) in [6, 6.07) is 0. The topological polar surface area (TPSA) is 37.3 Å². The molecule has 0 saturated carbocycles. The highest BCUT2D eigenvalue weighted by Crippen LogP contribution is 2.08. The van der Waals surface area contributed by atoms with Crippen LogP contribution in [0.3, 0.4) is 0 Å². The fourth-order valence-electron chi connectivity index (χ4n) is 0.801. The zero-order chi connectivity index (χ0) is 7.61. The maximum Gasteiger partial charge on any atom is 0.518 e. The van der Waals surface area contributed by atoms with E-state index >= 15 is 0 Å². The molecule has 1 N–H and O–H groups in total. The number of carbonyl (C=O) groups is 1. The predicted molar refractivity (Wildman–Crippen MR) is 37.4 cm³/mol. The van der Waals surface area contributed by atoms with Crippen LogP contribution in [0.4, 0.5) is 4.79 Å². The van der Waals surface area contributed by atoms with Crippen molar-refractivity contribution in [3.63, 3.8) is 0 Å². The molecule has 1 amide bonds. The molecule has 0 radical (unpaired) electrons. The molecule has 0 spiro atoms. The molecule has 0 bridgehead atoms. The highest BCUT2D eigenvalue weighted by molar-refractivity contribution is 5.57. The number of carboxylic acid groups (broad SMARTS) is 1. The van der Waals surface area contributed by atoms with Gasteiger partial charge in [-0.1, -0.05) is 6.08 Å². The fraction of sp³-hybridized carbons (Fsp3) is 0.286. The van der Waals surface area contributed by atoms with Gasteiger partial charge in [-0.3, -0.25) is 0 Å². The molecule has 1 rings (SSSR count). The summed E-state index contributed by atoms with van der Waals surface area (Å²) in [7, 11) is 1.66. The lowest BCUT2D eigenvalue weighted by Crippen LogP contribution is -3.00. The van der Waals surface area contributed by atoms with Crippen molar-refractivity contribution in [3.8, 4) is 0 Å². The number of rotatable bonds is 0. The van der Waals surface area contributed by atoms with Crippen LogP contribution in [-0.2, 0) is 0 Å². The van der Waals surface area contributed by atoms with Gasteiger partial charge in [0.05, 0.1) is 7.05 Å². The van der Waals surface area contributed by atoms with Crippen LogP contribution in [0.25, 0.3) is 0 Å². The van der Waals surface area contributed by atoms with E-state index in [1.165, 1.54) is 0 Å². The molecule has 62 valence electrons. The van der Waals surface area contributed by atoms with Gasteiger partial charge in [0.15, 0.2) is 0 Å². The number of amides is 1. The average Bonchev–Trinajstić information content (AvgIpc) is 1.89. The standard InChI is InChI=1S/C7H9NO2.ClH/c1-8(7(9)10)5-3-2-4-6-8;/h2-5H,6H2,1H3;1H. The minimum Gasteiger partial charge on any atom is -1.00 e. The zero-order valence-electron chi connectivity index (χ0n) is 6.20. The van der Waals surface area contributed by atoms with Crippen molar-refractivity contribution in [2.24, 2.45) is 0 Å². The van der Waals surface area contributed by atoms with E-state index in [2.05, 4.69) is 0 Å². The van der Waals surface area contributed by atoms with Crippen molar-refractivity contribution in [2.45, 2.75) is 0 Å². The van der Waals surface area contributed by atoms with Crippen molar-refractivity contribution in [1.82, 2.24) is 0 Å². The van der Waals surface area contributed by atoms with E-state index in [1.807, 2.05) is 12.2 Å². The predicted octanol–water partition coefficient (Wildman–Crippen LogP) is -1.80. The number of quaternary nitrogens is 1. The third-order valence-corrected chi connectivity index (χ3v) is 1.58. The summed E-state index contributed by atoms with van der Waals surface area (Å²) in [4.78, 5) is 10.6. The second kappa shape index (κ2) is 3.55. The lowest BCUT2D eigenvalue weighted by Gasteiger charge is -2.22. The summed E-state index contributed by atoms with van der Waals surface area (Å²) in [5.74, 6) is 0. The first-order valence-corrected chi connectivity index (χ1v) is 3.08. The zero-order valence-corrected chi connectivity index (χ0v) is 6.95. The molecule has 1 aliphatic rings. The number of likely N-dealkylation sites (N-methyl/N-ethyl adjacent to an activating group) is 1. The molecule has 0 saturated heterocycles. The summed E-state index contributed by atoms with van der Waals surface area (Å²) in [6.07, 6.45) is 6.28. The molecule has 0 aliphatic carbocycles. The minimum atomic E-state index is -0.819. The normalized spacial score (nSPS) is 27.7. The molecule has 0 aromatic carbocycles. The van der Waals surface area contributed by atoms with E-state index < -0.39 is 6.09 Å². The highest BCUT2D eigenvalue weighted by Gasteiger charge is 2.28. The molecule has 0 fully saturated rings. The van der Waals surface area contributed by atoms with E-state index in [9.17, 15) is 4.79 Å². The van der Waals surface area contributed by atoms with Crippen LogP contribution in [0.15, 0.2) is 24.4 Å². The molecule has 1 atom stereocenters. The molecule has 1 unspecified atom stereocenters. The summed E-state index contributed by atoms with van der Waals surface area (Å²) < 4.78 is -0.0451. The first-order chi connectivity index (χ1) is 4.65. The number of hydrogen-bond acceptors (Lipinski definition) is 1. The monoisotopic (exact) mass is 175 g/mol. The molecule has 11 heavy (non-hydrogen) atoms. The minimum absolute atomic E-state index is 0. The Kier molecular flexibility index (Phi) is 3.29. The van der Waals surface area contributed by atoms with Crippen LogP contribution < -0.4 is 12.4 Å². The van der Waals surface area contributed by atoms with Gasteiger partial charge in [-0.05, 0) is 12.2 Å². The summed E-state index contributed by atoms with van der Waals surface area (Å²) in [5, 5.41) is 8.68. The summed E-state index contributed by atoms with van der Waals surface area (Å²) >= 11 is 0. The van der Waals surface area contributed by atoms with Crippen molar-refractivity contribution in [1.29, 1.82) is 0 Å². The molecule has 4 heteroatoms. The van der Waals surface area contributed by atoms with E-state index in [-0.39, 0.29) is 16.9 Å². The molecular weight excluding hydrogens is 166 g/mol. The van der Waals surface area contributed by atoms with Gasteiger partial charge in [-0.25, -0.2) is 0 Å². The smallest absolute Gasteiger partial charge is 0.518 e. The van der Waals surface area contributed by atoms with Gasteiger partial charge in [0.2, 0.25) is 0 Å². The Morgan fingerprint density at radius 1 is 1.55 bits per heavy atom. The van der Waals surface area contributed by atoms with Crippen LogP contribution in [0, 0.1) is 0 Å². The molecular formula is C7H10ClNO2. The molecule has 1 heterocycles. The first-order valence-electron chi connectivity index (χ1n) is 3.08. The van der Waals surface area contributed by atoms with E-state index in [0.29, 0.717) is 6.54 Å². The average molecular weight is 176 g/mol. The Bertz CT molecular complexity index is 212. The lowest BCUT2D eigenvalue weighted by atomic mass is 10.3. The second-order valence-electron chi connectivity index (χ2n) is 2.50. The van der Waals surface area contributed by atoms with Crippen LogP contribution in [0.1, 0.15) is 0 Å². The summed E-state index contributed by atoms with van der Waals surface area (Å²) in [6.45, 7) is 0.534. The Morgan fingerprint density at radius 3 is 2.45 bits per heavy atom. The molecule has 1 aliphatic heterocycles. The number of nitrogens with zero attached hydrogens (tertiary/aromatic N) is 1. The Hall–Kier alpha value is -0.800. The maximum atomic E-state index is 10.6. The lowest BCUT2D eigenvalue weighted by molar-refractivity contribution is -0.778. The Balaban J connectivity index is 0.000001000. The van der Waals surface area contributed by atoms with E-state index in [1.54, 1.807) is 19.3 Å². The maximum absolute atomic E-state index is 10.6. The fourth-order valence-corrected chi connectivity index (χ4v) is 0.801. The van der Waals surface area contributed by atoms with Gasteiger partial charge in [0.25, 0.3) is 0 Å². The summed E-state index contributed by atoms with van der Waals surface area (Å²) in [5.41, 5.74) is 0. The third-order valence-electron chi connectivity index (χ3n) is 1.58. The largest absolute Gasteiger partial charge is 1.00 e.